The van der Waals surface area contributed by atoms with Crippen LogP contribution in [0.25, 0.3) is 0 Å². The van der Waals surface area contributed by atoms with Crippen molar-refractivity contribution in [1.29, 1.82) is 0 Å². The fourth-order valence-corrected chi connectivity index (χ4v) is 12.5. The van der Waals surface area contributed by atoms with Gasteiger partial charge in [0.1, 0.15) is 0 Å². The second-order valence-corrected chi connectivity index (χ2v) is 14.4. The summed E-state index contributed by atoms with van der Waals surface area (Å²) in [5, 5.41) is 0. The molecular weight excluding hydrogens is 404 g/mol. The van der Waals surface area contributed by atoms with Gasteiger partial charge in [0.05, 0.1) is 9.79 Å². The van der Waals surface area contributed by atoms with Crippen LogP contribution in [0.3, 0.4) is 0 Å². The van der Waals surface area contributed by atoms with Crippen LogP contribution in [0.15, 0.2) is 70.5 Å². The van der Waals surface area contributed by atoms with Crippen molar-refractivity contribution in [3.63, 3.8) is 0 Å². The first kappa shape index (κ1) is 18.1. The smallest absolute Gasteiger partial charge is 0.198 e. The van der Waals surface area contributed by atoms with Crippen molar-refractivity contribution >= 4 is 19.7 Å². The number of fused-ring (bicyclic) bond motifs is 1. The van der Waals surface area contributed by atoms with E-state index in [0.29, 0.717) is 11.8 Å². The molecule has 0 bridgehead atoms. The lowest BCUT2D eigenvalue weighted by molar-refractivity contribution is 0.259. The van der Waals surface area contributed by atoms with E-state index in [9.17, 15) is 16.8 Å². The summed E-state index contributed by atoms with van der Waals surface area (Å²) in [6.07, 6.45) is 4.77. The molecule has 4 atom stereocenters. The van der Waals surface area contributed by atoms with Crippen molar-refractivity contribution in [2.45, 2.75) is 52.4 Å². The quantitative estimate of drug-likeness (QED) is 0.731. The fourth-order valence-electron chi connectivity index (χ4n) is 7.05. The molecule has 6 rings (SSSR count). The average molecular weight is 429 g/mol. The van der Waals surface area contributed by atoms with E-state index in [1.54, 1.807) is 60.7 Å². The van der Waals surface area contributed by atoms with E-state index in [0.717, 1.165) is 25.7 Å². The molecule has 0 amide bonds. The lowest BCUT2D eigenvalue weighted by Crippen LogP contribution is -2.46. The van der Waals surface area contributed by atoms with Gasteiger partial charge in [-0.25, -0.2) is 16.8 Å². The van der Waals surface area contributed by atoms with Crippen LogP contribution in [0, 0.1) is 22.7 Å². The second-order valence-electron chi connectivity index (χ2n) is 9.65. The van der Waals surface area contributed by atoms with E-state index in [2.05, 4.69) is 0 Å². The molecule has 29 heavy (non-hydrogen) atoms. The predicted molar refractivity (Wildman–Crippen MR) is 110 cm³/mol. The van der Waals surface area contributed by atoms with Gasteiger partial charge in [0.15, 0.2) is 23.8 Å². The van der Waals surface area contributed by atoms with E-state index in [4.69, 9.17) is 0 Å². The Hall–Kier alpha value is -1.66. The summed E-state index contributed by atoms with van der Waals surface area (Å²) in [6.45, 7) is 0. The molecule has 4 aliphatic carbocycles. The molecule has 2 aromatic carbocycles. The monoisotopic (exact) mass is 428 g/mol. The third-order valence-electron chi connectivity index (χ3n) is 8.49. The molecule has 4 nitrogen and oxygen atoms in total. The first-order chi connectivity index (χ1) is 13.8. The minimum atomic E-state index is -4.07. The summed E-state index contributed by atoms with van der Waals surface area (Å²) in [4.78, 5) is 0.246. The van der Waals surface area contributed by atoms with Gasteiger partial charge in [-0.1, -0.05) is 36.4 Å². The lowest BCUT2D eigenvalue weighted by atomic mass is 9.82. The standard InChI is InChI=1S/C23H24O4S2/c24-28(25,18-7-3-1-4-8-18)23(29(26,27)19-9-5-2-6-10-19)15-21-12-11-17-13-20(17)22(21,14-21)16-23/h1-10,17,20H,11-16H2/t17?,20?,21-,22+/m1/s1. The summed E-state index contributed by atoms with van der Waals surface area (Å²) in [5.74, 6) is 1.20. The number of sulfone groups is 2. The van der Waals surface area contributed by atoms with E-state index in [-0.39, 0.29) is 33.5 Å². The van der Waals surface area contributed by atoms with Crippen LogP contribution in [0.5, 0.6) is 0 Å². The molecule has 0 spiro atoms. The molecule has 152 valence electrons. The molecule has 0 saturated heterocycles. The highest BCUT2D eigenvalue weighted by Crippen LogP contribution is 2.89. The highest BCUT2D eigenvalue weighted by Gasteiger charge is 2.86. The first-order valence-corrected chi connectivity index (χ1v) is 13.3. The maximum absolute atomic E-state index is 14.0. The van der Waals surface area contributed by atoms with Crippen LogP contribution in [-0.4, -0.2) is 20.9 Å². The lowest BCUT2D eigenvalue weighted by Gasteiger charge is -2.32. The van der Waals surface area contributed by atoms with Gasteiger partial charge in [0.2, 0.25) is 0 Å². The summed E-state index contributed by atoms with van der Waals surface area (Å²) < 4.78 is 54.3. The van der Waals surface area contributed by atoms with Crippen LogP contribution >= 0.6 is 0 Å². The second kappa shape index (κ2) is 5.33. The number of rotatable bonds is 4. The van der Waals surface area contributed by atoms with E-state index in [1.807, 2.05) is 0 Å². The molecule has 2 aromatic rings. The van der Waals surface area contributed by atoms with Crippen LogP contribution < -0.4 is 0 Å². The molecule has 0 heterocycles. The van der Waals surface area contributed by atoms with Crippen molar-refractivity contribution in [3.05, 3.63) is 60.7 Å². The summed E-state index contributed by atoms with van der Waals surface area (Å²) in [6, 6.07) is 16.4. The maximum Gasteiger partial charge on any atom is 0.198 e. The van der Waals surface area contributed by atoms with E-state index < -0.39 is 23.8 Å². The largest absolute Gasteiger partial charge is 0.222 e. The highest BCUT2D eigenvalue weighted by molar-refractivity contribution is 8.10. The fraction of sp³-hybridized carbons (Fsp3) is 0.478. The predicted octanol–water partition coefficient (Wildman–Crippen LogP) is 4.23. The third kappa shape index (κ3) is 2.05. The van der Waals surface area contributed by atoms with Gasteiger partial charge < -0.3 is 0 Å². The zero-order valence-electron chi connectivity index (χ0n) is 16.1. The minimum absolute atomic E-state index is 0.0837. The van der Waals surface area contributed by atoms with Crippen LogP contribution in [0.2, 0.25) is 0 Å². The molecule has 4 fully saturated rings. The number of hydrogen-bond donors (Lipinski definition) is 0. The van der Waals surface area contributed by atoms with Gasteiger partial charge in [0.25, 0.3) is 0 Å². The van der Waals surface area contributed by atoms with Crippen molar-refractivity contribution in [2.75, 3.05) is 0 Å². The molecule has 4 saturated carbocycles. The Bertz CT molecular complexity index is 1130. The van der Waals surface area contributed by atoms with Crippen LogP contribution in [-0.2, 0) is 19.7 Å². The normalized spacial score (nSPS) is 36.6. The van der Waals surface area contributed by atoms with E-state index >= 15 is 0 Å². The molecule has 2 unspecified atom stereocenters. The molecule has 6 heteroatoms. The van der Waals surface area contributed by atoms with Crippen LogP contribution in [0.4, 0.5) is 0 Å². The van der Waals surface area contributed by atoms with Gasteiger partial charge in [-0.15, -0.1) is 0 Å². The Morgan fingerprint density at radius 2 is 1.28 bits per heavy atom. The van der Waals surface area contributed by atoms with Crippen molar-refractivity contribution in [1.82, 2.24) is 0 Å². The third-order valence-corrected chi connectivity index (χ3v) is 14.1. The van der Waals surface area contributed by atoms with Gasteiger partial charge in [-0.3, -0.25) is 0 Å². The Morgan fingerprint density at radius 3 is 1.83 bits per heavy atom. The zero-order valence-corrected chi connectivity index (χ0v) is 17.8. The molecule has 0 aromatic heterocycles. The van der Waals surface area contributed by atoms with E-state index in [1.165, 1.54) is 0 Å². The molecule has 0 aliphatic heterocycles. The zero-order chi connectivity index (χ0) is 20.1. The van der Waals surface area contributed by atoms with Gasteiger partial charge in [-0.2, -0.15) is 0 Å². The topological polar surface area (TPSA) is 68.3 Å². The Morgan fingerprint density at radius 1 is 0.724 bits per heavy atom. The molecule has 0 radical (unpaired) electrons. The molecular formula is C23H24O4S2. The Labute approximate surface area is 172 Å². The summed E-state index contributed by atoms with van der Waals surface area (Å²) in [7, 11) is -8.14. The summed E-state index contributed by atoms with van der Waals surface area (Å²) >= 11 is 0. The molecule has 0 N–H and O–H groups in total. The highest BCUT2D eigenvalue weighted by atomic mass is 32.3. The minimum Gasteiger partial charge on any atom is -0.222 e. The van der Waals surface area contributed by atoms with Gasteiger partial charge in [-0.05, 0) is 85.5 Å². The van der Waals surface area contributed by atoms with Crippen LogP contribution in [0.1, 0.15) is 38.5 Å². The molecule has 4 aliphatic rings. The Kier molecular flexibility index (Phi) is 3.33. The number of benzene rings is 2. The summed E-state index contributed by atoms with van der Waals surface area (Å²) in [5.41, 5.74) is -0.187. The van der Waals surface area contributed by atoms with Gasteiger partial charge >= 0.3 is 0 Å². The number of hydrogen-bond acceptors (Lipinski definition) is 4. The maximum atomic E-state index is 14.0. The average Bonchev–Trinajstić information content (AvgIpc) is 3.62. The van der Waals surface area contributed by atoms with Crippen molar-refractivity contribution in [3.8, 4) is 0 Å². The Balaban J connectivity index is 1.58. The van der Waals surface area contributed by atoms with Crippen molar-refractivity contribution < 1.29 is 16.8 Å². The SMILES string of the molecule is O=S(=O)(c1ccccc1)C1(S(=O)(=O)c2ccccc2)C[C@]23CCC4CC4[C@@]2(C1)C3. The van der Waals surface area contributed by atoms with Crippen molar-refractivity contribution in [2.24, 2.45) is 22.7 Å². The first-order valence-electron chi connectivity index (χ1n) is 10.4. The van der Waals surface area contributed by atoms with Gasteiger partial charge in [0, 0.05) is 0 Å².